The van der Waals surface area contributed by atoms with Crippen molar-refractivity contribution in [2.24, 2.45) is 0 Å². The van der Waals surface area contributed by atoms with Crippen LogP contribution < -0.4 is 10.1 Å². The molecule has 1 unspecified atom stereocenters. The van der Waals surface area contributed by atoms with Gasteiger partial charge in [0, 0.05) is 12.3 Å². The fourth-order valence-corrected chi connectivity index (χ4v) is 2.20. The van der Waals surface area contributed by atoms with Gasteiger partial charge in [-0.3, -0.25) is 4.79 Å². The van der Waals surface area contributed by atoms with Gasteiger partial charge in [0.1, 0.15) is 11.4 Å². The summed E-state index contributed by atoms with van der Waals surface area (Å²) in [7, 11) is 0. The maximum absolute atomic E-state index is 12.4. The Balaban J connectivity index is 2.72. The van der Waals surface area contributed by atoms with Crippen molar-refractivity contribution in [3.63, 3.8) is 0 Å². The molecular weight excluding hydrogens is 266 g/mol. The summed E-state index contributed by atoms with van der Waals surface area (Å²) < 4.78 is 11.2. The molecule has 0 bridgehead atoms. The molecule has 1 atom stereocenters. The van der Waals surface area contributed by atoms with Crippen LogP contribution in [0.3, 0.4) is 0 Å². The number of nitrogens with one attached hydrogen (secondary N) is 1. The monoisotopic (exact) mass is 293 g/mol. The van der Waals surface area contributed by atoms with Gasteiger partial charge in [0.2, 0.25) is 0 Å². The van der Waals surface area contributed by atoms with Gasteiger partial charge in [-0.05, 0) is 58.4 Å². The normalized spacial score (nSPS) is 13.8. The maximum atomic E-state index is 12.4. The number of hydrogen-bond acceptors (Lipinski definition) is 3. The first-order valence-corrected chi connectivity index (χ1v) is 7.63. The van der Waals surface area contributed by atoms with Crippen molar-refractivity contribution in [1.29, 1.82) is 0 Å². The molecule has 0 radical (unpaired) electrons. The molecule has 1 amide bonds. The van der Waals surface area contributed by atoms with Gasteiger partial charge in [-0.2, -0.15) is 0 Å². The number of carbonyl (C=O) groups is 1. The average molecular weight is 293 g/mol. The summed E-state index contributed by atoms with van der Waals surface area (Å²) >= 11 is 0. The third-order valence-electron chi connectivity index (χ3n) is 3.15. The topological polar surface area (TPSA) is 47.6 Å². The van der Waals surface area contributed by atoms with Crippen LogP contribution >= 0.6 is 0 Å². The van der Waals surface area contributed by atoms with E-state index in [9.17, 15) is 4.79 Å². The van der Waals surface area contributed by atoms with Gasteiger partial charge < -0.3 is 14.8 Å². The quantitative estimate of drug-likeness (QED) is 0.788. The largest absolute Gasteiger partial charge is 0.491 e. The van der Waals surface area contributed by atoms with Crippen molar-refractivity contribution in [3.05, 3.63) is 24.3 Å². The van der Waals surface area contributed by atoms with Crippen LogP contribution in [0.25, 0.3) is 0 Å². The number of hydrogen-bond donors (Lipinski definition) is 1. The number of rotatable bonds is 8. The summed E-state index contributed by atoms with van der Waals surface area (Å²) in [4.78, 5) is 12.4. The van der Waals surface area contributed by atoms with E-state index in [0.717, 1.165) is 17.9 Å². The van der Waals surface area contributed by atoms with E-state index >= 15 is 0 Å². The van der Waals surface area contributed by atoms with Crippen LogP contribution in [-0.2, 0) is 9.53 Å². The molecule has 0 aliphatic carbocycles. The van der Waals surface area contributed by atoms with Crippen LogP contribution in [0.4, 0.5) is 5.69 Å². The molecule has 4 nitrogen and oxygen atoms in total. The second kappa shape index (κ2) is 8.03. The fraction of sp³-hybridized carbons (Fsp3) is 0.588. The number of ether oxygens (including phenoxy) is 2. The van der Waals surface area contributed by atoms with Gasteiger partial charge in [0.05, 0.1) is 6.10 Å². The molecule has 0 saturated carbocycles. The SMILES string of the molecule is CCCC(C)(OCC)C(=O)Nc1ccc(OC(C)C)cc1. The summed E-state index contributed by atoms with van der Waals surface area (Å²) in [5.41, 5.74) is -0.0329. The lowest BCUT2D eigenvalue weighted by Crippen LogP contribution is -2.42. The van der Waals surface area contributed by atoms with E-state index < -0.39 is 5.60 Å². The van der Waals surface area contributed by atoms with Gasteiger partial charge in [0.15, 0.2) is 0 Å². The van der Waals surface area contributed by atoms with E-state index in [4.69, 9.17) is 9.47 Å². The first-order valence-electron chi connectivity index (χ1n) is 7.63. The van der Waals surface area contributed by atoms with E-state index in [2.05, 4.69) is 5.32 Å². The van der Waals surface area contributed by atoms with E-state index in [0.29, 0.717) is 13.0 Å². The zero-order valence-electron chi connectivity index (χ0n) is 13.7. The first-order chi connectivity index (χ1) is 9.91. The molecule has 1 rings (SSSR count). The molecule has 1 aromatic rings. The molecule has 21 heavy (non-hydrogen) atoms. The average Bonchev–Trinajstić information content (AvgIpc) is 2.41. The molecule has 0 fully saturated rings. The molecular formula is C17H27NO3. The third-order valence-corrected chi connectivity index (χ3v) is 3.15. The van der Waals surface area contributed by atoms with Crippen molar-refractivity contribution in [3.8, 4) is 5.75 Å². The smallest absolute Gasteiger partial charge is 0.256 e. The number of carbonyl (C=O) groups excluding carboxylic acids is 1. The van der Waals surface area contributed by atoms with Gasteiger partial charge in [0.25, 0.3) is 5.91 Å². The summed E-state index contributed by atoms with van der Waals surface area (Å²) in [6, 6.07) is 7.39. The van der Waals surface area contributed by atoms with Crippen molar-refractivity contribution >= 4 is 11.6 Å². The Bertz CT molecular complexity index is 434. The van der Waals surface area contributed by atoms with E-state index in [1.165, 1.54) is 0 Å². The Kier molecular flexibility index (Phi) is 6.69. The molecule has 0 spiro atoms. The highest BCUT2D eigenvalue weighted by molar-refractivity contribution is 5.97. The van der Waals surface area contributed by atoms with Crippen LogP contribution in [0, 0.1) is 0 Å². The van der Waals surface area contributed by atoms with E-state index in [-0.39, 0.29) is 12.0 Å². The second-order valence-corrected chi connectivity index (χ2v) is 5.56. The van der Waals surface area contributed by atoms with Crippen molar-refractivity contribution in [1.82, 2.24) is 0 Å². The Morgan fingerprint density at radius 1 is 1.24 bits per heavy atom. The number of anilines is 1. The van der Waals surface area contributed by atoms with E-state index in [1.54, 1.807) is 0 Å². The van der Waals surface area contributed by atoms with Gasteiger partial charge >= 0.3 is 0 Å². The Morgan fingerprint density at radius 3 is 2.33 bits per heavy atom. The van der Waals surface area contributed by atoms with Crippen LogP contribution in [0.15, 0.2) is 24.3 Å². The minimum absolute atomic E-state index is 0.108. The van der Waals surface area contributed by atoms with Crippen LogP contribution in [0.1, 0.15) is 47.5 Å². The molecule has 4 heteroatoms. The highest BCUT2D eigenvalue weighted by Crippen LogP contribution is 2.22. The van der Waals surface area contributed by atoms with Crippen LogP contribution in [0.5, 0.6) is 5.75 Å². The van der Waals surface area contributed by atoms with Crippen molar-refractivity contribution < 1.29 is 14.3 Å². The lowest BCUT2D eigenvalue weighted by molar-refractivity contribution is -0.139. The summed E-state index contributed by atoms with van der Waals surface area (Å²) in [6.07, 6.45) is 1.72. The minimum Gasteiger partial charge on any atom is -0.491 e. The summed E-state index contributed by atoms with van der Waals surface area (Å²) in [5.74, 6) is 0.688. The maximum Gasteiger partial charge on any atom is 0.256 e. The number of amides is 1. The summed E-state index contributed by atoms with van der Waals surface area (Å²) in [6.45, 7) is 10.3. The molecule has 0 aromatic heterocycles. The van der Waals surface area contributed by atoms with Gasteiger partial charge in [-0.1, -0.05) is 13.3 Å². The van der Waals surface area contributed by atoms with Crippen LogP contribution in [0.2, 0.25) is 0 Å². The molecule has 0 aliphatic rings. The van der Waals surface area contributed by atoms with Crippen molar-refractivity contribution in [2.45, 2.75) is 59.2 Å². The lowest BCUT2D eigenvalue weighted by Gasteiger charge is -2.27. The first kappa shape index (κ1) is 17.5. The highest BCUT2D eigenvalue weighted by atomic mass is 16.5. The van der Waals surface area contributed by atoms with Crippen LogP contribution in [-0.4, -0.2) is 24.2 Å². The Morgan fingerprint density at radius 2 is 1.86 bits per heavy atom. The van der Waals surface area contributed by atoms with E-state index in [1.807, 2.05) is 58.9 Å². The molecule has 0 saturated heterocycles. The Labute approximate surface area is 127 Å². The number of benzene rings is 1. The van der Waals surface area contributed by atoms with Crippen molar-refractivity contribution in [2.75, 3.05) is 11.9 Å². The molecule has 0 aliphatic heterocycles. The second-order valence-electron chi connectivity index (χ2n) is 5.56. The zero-order valence-corrected chi connectivity index (χ0v) is 13.7. The molecule has 1 aromatic carbocycles. The fourth-order valence-electron chi connectivity index (χ4n) is 2.20. The molecule has 1 N–H and O–H groups in total. The predicted molar refractivity (Wildman–Crippen MR) is 85.8 cm³/mol. The standard InChI is InChI=1S/C17H27NO3/c1-6-12-17(5,20-7-2)16(19)18-14-8-10-15(11-9-14)21-13(3)4/h8-11,13H,6-7,12H2,1-5H3,(H,18,19). The third kappa shape index (κ3) is 5.38. The van der Waals surface area contributed by atoms with Gasteiger partial charge in [-0.25, -0.2) is 0 Å². The minimum atomic E-state index is -0.781. The summed E-state index contributed by atoms with van der Waals surface area (Å²) in [5, 5.41) is 2.91. The Hall–Kier alpha value is -1.55. The predicted octanol–water partition coefficient (Wildman–Crippen LogP) is 4.01. The highest BCUT2D eigenvalue weighted by Gasteiger charge is 2.32. The molecule has 118 valence electrons. The van der Waals surface area contributed by atoms with Gasteiger partial charge in [-0.15, -0.1) is 0 Å². The lowest BCUT2D eigenvalue weighted by atomic mass is 9.99. The zero-order chi connectivity index (χ0) is 15.9. The molecule has 0 heterocycles.